The van der Waals surface area contributed by atoms with Gasteiger partial charge in [-0.1, -0.05) is 0 Å². The van der Waals surface area contributed by atoms with E-state index in [0.29, 0.717) is 12.1 Å². The number of hydrogen-bond donors (Lipinski definition) is 2. The second-order valence-electron chi connectivity index (χ2n) is 4.20. The van der Waals surface area contributed by atoms with E-state index in [2.05, 4.69) is 0 Å². The Hall–Kier alpha value is -1.74. The molecule has 0 saturated carbocycles. The highest BCUT2D eigenvalue weighted by molar-refractivity contribution is 7.87. The van der Waals surface area contributed by atoms with Gasteiger partial charge in [0.1, 0.15) is 17.2 Å². The zero-order chi connectivity index (χ0) is 15.0. The molecule has 0 atom stereocenters. The van der Waals surface area contributed by atoms with Crippen LogP contribution in [0.4, 0.5) is 14.5 Å². The van der Waals surface area contributed by atoms with Crippen molar-refractivity contribution in [1.82, 2.24) is 0 Å². The zero-order valence-electron chi connectivity index (χ0n) is 9.96. The number of rotatable bonds is 4. The monoisotopic (exact) mass is 295 g/mol. The lowest BCUT2D eigenvalue weighted by atomic mass is 10.1. The fraction of sp³-hybridized carbons (Fsp3) is 0.300. The minimum atomic E-state index is -5.11. The first-order valence-corrected chi connectivity index (χ1v) is 6.34. The van der Waals surface area contributed by atoms with Gasteiger partial charge in [0, 0.05) is 6.07 Å². The van der Waals surface area contributed by atoms with Crippen LogP contribution in [0.5, 0.6) is 0 Å². The number of hydrogen-bond acceptors (Lipinski definition) is 3. The first-order chi connectivity index (χ1) is 8.48. The van der Waals surface area contributed by atoms with Crippen LogP contribution < -0.4 is 4.31 Å². The van der Waals surface area contributed by atoms with Gasteiger partial charge in [0.15, 0.2) is 0 Å². The van der Waals surface area contributed by atoms with Crippen molar-refractivity contribution in [3.8, 4) is 0 Å². The molecule has 0 heterocycles. The van der Waals surface area contributed by atoms with Crippen LogP contribution in [0, 0.1) is 11.6 Å². The Bertz CT molecular complexity index is 614. The topological polar surface area (TPSA) is 94.9 Å². The predicted octanol–water partition coefficient (Wildman–Crippen LogP) is 1.44. The summed E-state index contributed by atoms with van der Waals surface area (Å²) in [7, 11) is -5.11. The standard InChI is InChI=1S/C10H11F2NO5S/c1-10(2,9(14)15)13(19(16,17)18)8-5-6(11)3-4-7(8)12/h3-5H,1-2H3,(H,14,15)(H,16,17,18). The summed E-state index contributed by atoms with van der Waals surface area (Å²) < 4.78 is 58.2. The Balaban J connectivity index is 3.60. The average molecular weight is 295 g/mol. The Morgan fingerprint density at radius 1 is 1.32 bits per heavy atom. The van der Waals surface area contributed by atoms with Gasteiger partial charge in [-0.05, 0) is 26.0 Å². The average Bonchev–Trinajstić information content (AvgIpc) is 2.20. The molecule has 6 nitrogen and oxygen atoms in total. The smallest absolute Gasteiger partial charge is 0.361 e. The third-order valence-electron chi connectivity index (χ3n) is 2.39. The normalized spacial score (nSPS) is 12.3. The third-order valence-corrected chi connectivity index (χ3v) is 3.50. The molecule has 0 fully saturated rings. The third kappa shape index (κ3) is 2.99. The molecular formula is C10H11F2NO5S. The van der Waals surface area contributed by atoms with Crippen LogP contribution >= 0.6 is 0 Å². The molecule has 106 valence electrons. The van der Waals surface area contributed by atoms with Crippen molar-refractivity contribution in [2.45, 2.75) is 19.4 Å². The molecule has 0 saturated heterocycles. The lowest BCUT2D eigenvalue weighted by Gasteiger charge is -2.33. The molecule has 1 aromatic carbocycles. The van der Waals surface area contributed by atoms with Gasteiger partial charge in [-0.3, -0.25) is 4.55 Å². The van der Waals surface area contributed by atoms with Crippen LogP contribution in [0.25, 0.3) is 0 Å². The van der Waals surface area contributed by atoms with Gasteiger partial charge >= 0.3 is 16.3 Å². The van der Waals surface area contributed by atoms with Crippen LogP contribution in [0.15, 0.2) is 18.2 Å². The fourth-order valence-electron chi connectivity index (χ4n) is 1.44. The van der Waals surface area contributed by atoms with Gasteiger partial charge in [-0.2, -0.15) is 8.42 Å². The Morgan fingerprint density at radius 3 is 2.26 bits per heavy atom. The van der Waals surface area contributed by atoms with E-state index in [0.717, 1.165) is 19.9 Å². The van der Waals surface area contributed by atoms with E-state index >= 15 is 0 Å². The number of aliphatic carboxylic acids is 1. The number of benzene rings is 1. The van der Waals surface area contributed by atoms with Gasteiger partial charge in [-0.25, -0.2) is 17.9 Å². The number of carboxylic acid groups (broad SMARTS) is 1. The van der Waals surface area contributed by atoms with Crippen molar-refractivity contribution in [2.75, 3.05) is 4.31 Å². The van der Waals surface area contributed by atoms with Crippen molar-refractivity contribution >= 4 is 22.0 Å². The summed E-state index contributed by atoms with van der Waals surface area (Å²) in [5, 5.41) is 8.96. The van der Waals surface area contributed by atoms with E-state index in [-0.39, 0.29) is 4.31 Å². The maximum Gasteiger partial charge on any atom is 0.361 e. The second-order valence-corrected chi connectivity index (χ2v) is 5.46. The van der Waals surface area contributed by atoms with Crippen molar-refractivity contribution < 1.29 is 31.7 Å². The molecular weight excluding hydrogens is 284 g/mol. The van der Waals surface area contributed by atoms with Crippen molar-refractivity contribution in [3.63, 3.8) is 0 Å². The summed E-state index contributed by atoms with van der Waals surface area (Å²) >= 11 is 0. The van der Waals surface area contributed by atoms with Crippen molar-refractivity contribution in [2.24, 2.45) is 0 Å². The fourth-order valence-corrected chi connectivity index (χ4v) is 2.49. The molecule has 0 aromatic heterocycles. The summed E-state index contributed by atoms with van der Waals surface area (Å²) in [4.78, 5) is 11.0. The van der Waals surface area contributed by atoms with Crippen LogP contribution in [0.3, 0.4) is 0 Å². The van der Waals surface area contributed by atoms with Crippen LogP contribution in [-0.4, -0.2) is 29.6 Å². The van der Waals surface area contributed by atoms with Gasteiger partial charge in [-0.15, -0.1) is 0 Å². The number of carboxylic acids is 1. The van der Waals surface area contributed by atoms with E-state index in [1.165, 1.54) is 0 Å². The molecule has 0 aliphatic carbocycles. The highest BCUT2D eigenvalue weighted by atomic mass is 32.2. The van der Waals surface area contributed by atoms with Crippen LogP contribution in [0.2, 0.25) is 0 Å². The number of halogens is 2. The molecule has 0 amide bonds. The molecule has 1 aromatic rings. The maximum absolute atomic E-state index is 13.6. The zero-order valence-corrected chi connectivity index (χ0v) is 10.8. The number of anilines is 1. The van der Waals surface area contributed by atoms with Crippen molar-refractivity contribution in [3.05, 3.63) is 29.8 Å². The molecule has 0 spiro atoms. The predicted molar refractivity (Wildman–Crippen MR) is 62.1 cm³/mol. The Morgan fingerprint density at radius 2 is 1.84 bits per heavy atom. The minimum absolute atomic E-state index is 0.0965. The molecule has 0 radical (unpaired) electrons. The largest absolute Gasteiger partial charge is 0.479 e. The maximum atomic E-state index is 13.6. The van der Waals surface area contributed by atoms with Crippen molar-refractivity contribution in [1.29, 1.82) is 0 Å². The SMILES string of the molecule is CC(C)(C(=O)O)N(c1cc(F)ccc1F)S(=O)(=O)O. The number of nitrogens with zero attached hydrogens (tertiary/aromatic N) is 1. The van der Waals surface area contributed by atoms with E-state index in [1.807, 2.05) is 0 Å². The van der Waals surface area contributed by atoms with E-state index in [4.69, 9.17) is 9.66 Å². The molecule has 0 aliphatic heterocycles. The van der Waals surface area contributed by atoms with Crippen LogP contribution in [-0.2, 0) is 15.1 Å². The molecule has 0 aliphatic rings. The molecule has 0 unspecified atom stereocenters. The summed E-state index contributed by atoms with van der Waals surface area (Å²) in [5.74, 6) is -3.81. The summed E-state index contributed by atoms with van der Waals surface area (Å²) in [6.07, 6.45) is 0. The van der Waals surface area contributed by atoms with Gasteiger partial charge in [0.2, 0.25) is 0 Å². The first-order valence-electron chi connectivity index (χ1n) is 4.94. The van der Waals surface area contributed by atoms with Gasteiger partial charge in [0.25, 0.3) is 0 Å². The van der Waals surface area contributed by atoms with E-state index < -0.39 is 39.1 Å². The summed E-state index contributed by atoms with van der Waals surface area (Å²) in [6.45, 7) is 1.85. The summed E-state index contributed by atoms with van der Waals surface area (Å²) in [6, 6.07) is 1.84. The van der Waals surface area contributed by atoms with E-state index in [9.17, 15) is 22.0 Å². The van der Waals surface area contributed by atoms with Gasteiger partial charge < -0.3 is 5.11 Å². The molecule has 1 rings (SSSR count). The second kappa shape index (κ2) is 4.74. The lowest BCUT2D eigenvalue weighted by Crippen LogP contribution is -2.53. The molecule has 19 heavy (non-hydrogen) atoms. The lowest BCUT2D eigenvalue weighted by molar-refractivity contribution is -0.141. The molecule has 0 bridgehead atoms. The molecule has 9 heteroatoms. The van der Waals surface area contributed by atoms with E-state index in [1.54, 1.807) is 0 Å². The first kappa shape index (κ1) is 15.3. The molecule has 2 N–H and O–H groups in total. The minimum Gasteiger partial charge on any atom is -0.479 e. The highest BCUT2D eigenvalue weighted by Gasteiger charge is 2.43. The Labute approximate surface area is 108 Å². The summed E-state index contributed by atoms with van der Waals surface area (Å²) in [5.41, 5.74) is -3.10. The number of carbonyl (C=O) groups is 1. The highest BCUT2D eigenvalue weighted by Crippen LogP contribution is 2.30. The van der Waals surface area contributed by atoms with Crippen LogP contribution in [0.1, 0.15) is 13.8 Å². The quantitative estimate of drug-likeness (QED) is 0.819. The Kier molecular flexibility index (Phi) is 3.82. The van der Waals surface area contributed by atoms with Gasteiger partial charge in [0.05, 0.1) is 5.69 Å².